The Balaban J connectivity index is -0.000000120. The van der Waals surface area contributed by atoms with Crippen molar-refractivity contribution in [3.63, 3.8) is 0 Å². The van der Waals surface area contributed by atoms with E-state index in [1.807, 2.05) is 0 Å². The van der Waals surface area contributed by atoms with Gasteiger partial charge in [0.1, 0.15) is 11.2 Å². The molecule has 0 saturated carbocycles. The Kier molecular flexibility index (Phi) is 22.8. The van der Waals surface area contributed by atoms with E-state index < -0.39 is 72.7 Å². The van der Waals surface area contributed by atoms with Crippen molar-refractivity contribution in [3.05, 3.63) is 0 Å². The fourth-order valence-electron chi connectivity index (χ4n) is 1.37. The van der Waals surface area contributed by atoms with E-state index in [2.05, 4.69) is 0 Å². The molecule has 0 aromatic rings. The van der Waals surface area contributed by atoms with E-state index in [0.717, 1.165) is 0 Å². The molecule has 0 rings (SSSR count). The zero-order chi connectivity index (χ0) is 21.3. The topological polar surface area (TPSA) is 281 Å². The molecular weight excluding hydrogens is 487 g/mol. The SMILES string of the molecule is O=C([O-])CC(O)(CC(=O)[O-])C(=O)[O-].O=C([O-])CC(O)(CC(=O)[O-])C(=O)[O-].[Ge+4].[Na+].[Na+]. The number of carboxylic acids is 6. The maximum Gasteiger partial charge on any atom is 4.00 e. The summed E-state index contributed by atoms with van der Waals surface area (Å²) in [5.74, 6) is -12.0. The molecule has 0 bridgehead atoms. The molecule has 0 fully saturated rings. The molecule has 2 N–H and O–H groups in total. The van der Waals surface area contributed by atoms with Crippen LogP contribution < -0.4 is 89.8 Å². The van der Waals surface area contributed by atoms with Crippen molar-refractivity contribution in [1.82, 2.24) is 0 Å². The minimum atomic E-state index is -2.97. The summed E-state index contributed by atoms with van der Waals surface area (Å²) in [4.78, 5) is 60.0. The average Bonchev–Trinajstić information content (AvgIpc) is 2.34. The summed E-state index contributed by atoms with van der Waals surface area (Å²) in [6.45, 7) is 0. The molecule has 0 aliphatic carbocycles. The molecule has 17 heteroatoms. The summed E-state index contributed by atoms with van der Waals surface area (Å²) >= 11 is 0. The second-order valence-electron chi connectivity index (χ2n) is 4.83. The number of carbonyl (C=O) groups excluding carboxylic acids is 6. The molecule has 29 heavy (non-hydrogen) atoms. The van der Waals surface area contributed by atoms with Crippen molar-refractivity contribution in [3.8, 4) is 0 Å². The van der Waals surface area contributed by atoms with Crippen LogP contribution in [0.5, 0.6) is 0 Å². The van der Waals surface area contributed by atoms with E-state index in [1.165, 1.54) is 0 Å². The van der Waals surface area contributed by atoms with E-state index >= 15 is 0 Å². The fraction of sp³-hybridized carbons (Fsp3) is 0.500. The summed E-state index contributed by atoms with van der Waals surface area (Å²) in [5, 5.41) is 77.9. The van der Waals surface area contributed by atoms with Gasteiger partial charge in [0.05, 0.1) is 11.9 Å². The summed E-state index contributed by atoms with van der Waals surface area (Å²) in [6, 6.07) is 0. The van der Waals surface area contributed by atoms with Crippen LogP contribution in [0.25, 0.3) is 0 Å². The molecule has 14 nitrogen and oxygen atoms in total. The molecule has 0 radical (unpaired) electrons. The smallest absolute Gasteiger partial charge is 0.550 e. The molecule has 0 spiro atoms. The molecule has 0 atom stereocenters. The van der Waals surface area contributed by atoms with Crippen molar-refractivity contribution in [1.29, 1.82) is 0 Å². The second kappa shape index (κ2) is 17.0. The van der Waals surface area contributed by atoms with E-state index in [9.17, 15) is 59.4 Å². The van der Waals surface area contributed by atoms with Gasteiger partial charge in [-0.3, -0.25) is 0 Å². The number of hydrogen-bond donors (Lipinski definition) is 2. The van der Waals surface area contributed by atoms with Crippen LogP contribution in [-0.4, -0.2) is 74.8 Å². The van der Waals surface area contributed by atoms with E-state index in [0.29, 0.717) is 0 Å². The zero-order valence-corrected chi connectivity index (χ0v) is 21.2. The van der Waals surface area contributed by atoms with Crippen molar-refractivity contribution in [2.75, 3.05) is 0 Å². The second-order valence-corrected chi connectivity index (χ2v) is 4.83. The first-order valence-electron chi connectivity index (χ1n) is 6.23. The zero-order valence-electron chi connectivity index (χ0n) is 15.1. The Bertz CT molecular complexity index is 523. The van der Waals surface area contributed by atoms with Gasteiger partial charge in [-0.05, 0) is 0 Å². The fourth-order valence-corrected chi connectivity index (χ4v) is 1.37. The van der Waals surface area contributed by atoms with Gasteiger partial charge >= 0.3 is 76.7 Å². The van der Waals surface area contributed by atoms with Crippen molar-refractivity contribution < 1.29 is 129 Å². The molecule has 0 amide bonds. The predicted octanol–water partition coefficient (Wildman–Crippen LogP) is -16.9. The third kappa shape index (κ3) is 17.8. The van der Waals surface area contributed by atoms with Gasteiger partial charge in [-0.2, -0.15) is 0 Å². The Morgan fingerprint density at radius 2 is 0.655 bits per heavy atom. The average molecular weight is 497 g/mol. The molecule has 0 aromatic carbocycles. The third-order valence-electron chi connectivity index (χ3n) is 2.51. The molecule has 148 valence electrons. The first-order valence-corrected chi connectivity index (χ1v) is 6.23. The van der Waals surface area contributed by atoms with E-state index in [1.54, 1.807) is 0 Å². The van der Waals surface area contributed by atoms with Gasteiger partial charge < -0.3 is 69.6 Å². The molecule has 0 saturated heterocycles. The Morgan fingerprint density at radius 1 is 0.517 bits per heavy atom. The molecular formula is C12H10GeNa2O14. The van der Waals surface area contributed by atoms with Crippen LogP contribution in [0.3, 0.4) is 0 Å². The number of aliphatic carboxylic acids is 6. The minimum absolute atomic E-state index is 0. The maximum absolute atomic E-state index is 10.1. The third-order valence-corrected chi connectivity index (χ3v) is 2.51. The Morgan fingerprint density at radius 3 is 0.724 bits per heavy atom. The van der Waals surface area contributed by atoms with Crippen LogP contribution in [0.1, 0.15) is 25.7 Å². The summed E-state index contributed by atoms with van der Waals surface area (Å²) < 4.78 is 0. The van der Waals surface area contributed by atoms with E-state index in [-0.39, 0.29) is 76.7 Å². The van der Waals surface area contributed by atoms with Gasteiger partial charge in [-0.1, -0.05) is 0 Å². The first-order chi connectivity index (χ1) is 11.6. The largest absolute Gasteiger partial charge is 4.00 e. The van der Waals surface area contributed by atoms with Gasteiger partial charge in [0, 0.05) is 49.6 Å². The Labute approximate surface area is 217 Å². The first kappa shape index (κ1) is 38.8. The van der Waals surface area contributed by atoms with Crippen LogP contribution in [0, 0.1) is 0 Å². The van der Waals surface area contributed by atoms with Crippen LogP contribution >= 0.6 is 0 Å². The summed E-state index contributed by atoms with van der Waals surface area (Å²) in [7, 11) is 0. The summed E-state index contributed by atoms with van der Waals surface area (Å²) in [6.07, 6.45) is -5.43. The molecule has 0 aliphatic heterocycles. The van der Waals surface area contributed by atoms with Crippen LogP contribution in [0.15, 0.2) is 0 Å². The number of rotatable bonds is 10. The quantitative estimate of drug-likeness (QED) is 0.265. The van der Waals surface area contributed by atoms with Crippen LogP contribution in [0.4, 0.5) is 0 Å². The monoisotopic (exact) mass is 498 g/mol. The van der Waals surface area contributed by atoms with Gasteiger partial charge in [-0.25, -0.2) is 0 Å². The molecule has 0 aliphatic rings. The molecule has 0 heterocycles. The Hall–Kier alpha value is -0.717. The van der Waals surface area contributed by atoms with Gasteiger partial charge in [0.25, 0.3) is 0 Å². The normalized spacial score (nSPS) is 9.72. The maximum atomic E-state index is 10.1. The number of hydrogen-bond acceptors (Lipinski definition) is 14. The number of aliphatic hydroxyl groups is 2. The molecule has 0 unspecified atom stereocenters. The predicted molar refractivity (Wildman–Crippen MR) is 64.2 cm³/mol. The van der Waals surface area contributed by atoms with Crippen LogP contribution in [-0.2, 0) is 28.8 Å². The minimum Gasteiger partial charge on any atom is -0.550 e. The van der Waals surface area contributed by atoms with Crippen molar-refractivity contribution in [2.24, 2.45) is 0 Å². The van der Waals surface area contributed by atoms with E-state index in [4.69, 9.17) is 10.2 Å². The molecule has 0 aromatic heterocycles. The standard InChI is InChI=1S/2C6H8O7.Ge.2Na/c2*7-3(8)1-6(13,5(11)12)2-4(9)10;;;/h2*13H,1-2H2,(H,7,8)(H,9,10)(H,11,12);;;/q;;+4;2*+1/p-6. The van der Waals surface area contributed by atoms with Crippen molar-refractivity contribution >= 4 is 53.4 Å². The van der Waals surface area contributed by atoms with Crippen molar-refractivity contribution in [2.45, 2.75) is 36.9 Å². The van der Waals surface area contributed by atoms with Gasteiger partial charge in [-0.15, -0.1) is 0 Å². The van der Waals surface area contributed by atoms with Crippen LogP contribution in [0.2, 0.25) is 0 Å². The van der Waals surface area contributed by atoms with Gasteiger partial charge in [0.2, 0.25) is 0 Å². The van der Waals surface area contributed by atoms with Gasteiger partial charge in [0.15, 0.2) is 0 Å². The summed E-state index contributed by atoms with van der Waals surface area (Å²) in [5.41, 5.74) is -5.95. The number of carboxylic acid groups (broad SMARTS) is 6. The number of carbonyl (C=O) groups is 6.